The second kappa shape index (κ2) is 10.6. The van der Waals surface area contributed by atoms with Crippen LogP contribution in [0.3, 0.4) is 0 Å². The average molecular weight is 453 g/mol. The van der Waals surface area contributed by atoms with E-state index in [1.807, 2.05) is 4.98 Å². The molecule has 0 fully saturated rings. The van der Waals surface area contributed by atoms with E-state index in [1.54, 1.807) is 5.32 Å². The van der Waals surface area contributed by atoms with E-state index < -0.39 is 40.6 Å². The first-order valence-electron chi connectivity index (χ1n) is 8.97. The Morgan fingerprint density at radius 2 is 1.91 bits per heavy atom. The van der Waals surface area contributed by atoms with Crippen molar-refractivity contribution in [2.45, 2.75) is 13.8 Å². The fourth-order valence-corrected chi connectivity index (χ4v) is 2.29. The van der Waals surface area contributed by atoms with Crippen molar-refractivity contribution in [3.8, 4) is 17.8 Å². The maximum atomic E-state index is 12.2. The van der Waals surface area contributed by atoms with Gasteiger partial charge in [-0.05, 0) is 25.1 Å². The van der Waals surface area contributed by atoms with Crippen LogP contribution in [0, 0.1) is 22.7 Å². The van der Waals surface area contributed by atoms with Crippen LogP contribution in [0.2, 0.25) is 0 Å². The maximum absolute atomic E-state index is 12.2. The van der Waals surface area contributed by atoms with Crippen molar-refractivity contribution in [1.82, 2.24) is 20.1 Å². The summed E-state index contributed by atoms with van der Waals surface area (Å²) in [7, 11) is 0. The minimum absolute atomic E-state index is 0.000777. The monoisotopic (exact) mass is 453 g/mol. The molecule has 1 aromatic carbocycles. The zero-order chi connectivity index (χ0) is 24.5. The van der Waals surface area contributed by atoms with Crippen LogP contribution in [-0.2, 0) is 14.3 Å². The highest BCUT2D eigenvalue weighted by molar-refractivity contribution is 6.46. The normalized spacial score (nSPS) is 10.4. The molecule has 0 bridgehead atoms. The molecule has 0 aliphatic rings. The van der Waals surface area contributed by atoms with Gasteiger partial charge in [-0.15, -0.1) is 5.10 Å². The summed E-state index contributed by atoms with van der Waals surface area (Å²) in [5, 5.41) is 29.7. The lowest BCUT2D eigenvalue weighted by molar-refractivity contribution is -0.115. The first-order valence-corrected chi connectivity index (χ1v) is 8.97. The Morgan fingerprint density at radius 1 is 1.21 bits per heavy atom. The first kappa shape index (κ1) is 24.0. The minimum atomic E-state index is -1.14. The zero-order valence-electron chi connectivity index (χ0n) is 17.1. The van der Waals surface area contributed by atoms with Crippen LogP contribution in [0.25, 0.3) is 5.69 Å². The Kier molecular flexibility index (Phi) is 7.73. The molecule has 0 saturated carbocycles. The molecule has 15 nitrogen and oxygen atoms in total. The number of ether oxygens (including phenoxy) is 1. The van der Waals surface area contributed by atoms with Crippen LogP contribution in [0.1, 0.15) is 19.5 Å². The second-order valence-corrected chi connectivity index (χ2v) is 5.94. The summed E-state index contributed by atoms with van der Waals surface area (Å²) in [6.07, 6.45) is -1.07. The number of imide groups is 1. The molecule has 2 rings (SSSR count). The molecule has 0 radical (unpaired) electrons. The van der Waals surface area contributed by atoms with Crippen LogP contribution in [0.5, 0.6) is 0 Å². The van der Waals surface area contributed by atoms with Crippen LogP contribution in [-0.4, -0.2) is 45.0 Å². The van der Waals surface area contributed by atoms with Gasteiger partial charge >= 0.3 is 11.8 Å². The minimum Gasteiger partial charge on any atom is -0.450 e. The fourth-order valence-electron chi connectivity index (χ4n) is 2.29. The summed E-state index contributed by atoms with van der Waals surface area (Å²) in [5.74, 6) is -1.61. The lowest BCUT2D eigenvalue weighted by Gasteiger charge is -2.11. The first-order chi connectivity index (χ1) is 15.7. The molecule has 168 valence electrons. The van der Waals surface area contributed by atoms with Gasteiger partial charge in [-0.3, -0.25) is 30.1 Å². The molecule has 1 heterocycles. The van der Waals surface area contributed by atoms with Crippen LogP contribution in [0.15, 0.2) is 32.9 Å². The predicted molar refractivity (Wildman–Crippen MR) is 111 cm³/mol. The molecule has 4 N–H and O–H groups in total. The molecule has 1 aromatic heterocycles. The van der Waals surface area contributed by atoms with E-state index in [1.165, 1.54) is 44.2 Å². The number of rotatable bonds is 6. The number of carbonyl (C=O) groups is 3. The summed E-state index contributed by atoms with van der Waals surface area (Å²) < 4.78 is 5.24. The fraction of sp³-hybridized carbons (Fsp3) is 0.167. The van der Waals surface area contributed by atoms with Crippen LogP contribution >= 0.6 is 0 Å². The number of H-pyrrole nitrogens is 1. The molecular formula is C18H15N9O6. The summed E-state index contributed by atoms with van der Waals surface area (Å²) in [6, 6.07) is 6.95. The van der Waals surface area contributed by atoms with Crippen molar-refractivity contribution in [2.24, 2.45) is 5.10 Å². The molecule has 15 heteroatoms. The smallest absolute Gasteiger partial charge is 0.414 e. The third-order valence-corrected chi connectivity index (χ3v) is 3.53. The number of carbonyl (C=O) groups excluding carboxylic acids is 3. The van der Waals surface area contributed by atoms with Gasteiger partial charge in [0.15, 0.2) is 0 Å². The number of benzene rings is 1. The van der Waals surface area contributed by atoms with Crippen molar-refractivity contribution >= 4 is 35.0 Å². The lowest BCUT2D eigenvalue weighted by atomic mass is 10.2. The van der Waals surface area contributed by atoms with Gasteiger partial charge in [0.1, 0.15) is 12.1 Å². The van der Waals surface area contributed by atoms with E-state index >= 15 is 0 Å². The average Bonchev–Trinajstić information content (AvgIpc) is 2.73. The Labute approximate surface area is 184 Å². The number of amides is 3. The van der Waals surface area contributed by atoms with Gasteiger partial charge in [0.25, 0.3) is 11.5 Å². The molecule has 0 aliphatic heterocycles. The summed E-state index contributed by atoms with van der Waals surface area (Å²) in [4.78, 5) is 60.4. The molecule has 0 unspecified atom stereocenters. The molecule has 33 heavy (non-hydrogen) atoms. The number of alkyl carbamates (subject to hydrolysis) is 1. The van der Waals surface area contributed by atoms with Gasteiger partial charge in [-0.2, -0.15) is 20.3 Å². The maximum Gasteiger partial charge on any atom is 0.414 e. The summed E-state index contributed by atoms with van der Waals surface area (Å²) >= 11 is 0. The molecule has 0 spiro atoms. The van der Waals surface area contributed by atoms with Gasteiger partial charge < -0.3 is 10.1 Å². The third-order valence-electron chi connectivity index (χ3n) is 3.53. The number of hydrogen-bond donors (Lipinski definition) is 4. The largest absolute Gasteiger partial charge is 0.450 e. The van der Waals surface area contributed by atoms with E-state index in [0.717, 1.165) is 0 Å². The highest BCUT2D eigenvalue weighted by Crippen LogP contribution is 2.21. The van der Waals surface area contributed by atoms with Crippen LogP contribution in [0.4, 0.5) is 16.2 Å². The zero-order valence-corrected chi connectivity index (χ0v) is 17.1. The van der Waals surface area contributed by atoms with Gasteiger partial charge in [-0.1, -0.05) is 0 Å². The number of nitrogens with one attached hydrogen (secondary N) is 4. The van der Waals surface area contributed by atoms with Gasteiger partial charge in [0, 0.05) is 12.6 Å². The lowest BCUT2D eigenvalue weighted by Crippen LogP contribution is -2.36. The Bertz CT molecular complexity index is 1340. The van der Waals surface area contributed by atoms with Crippen molar-refractivity contribution in [3.05, 3.63) is 44.7 Å². The number of hydrazone groups is 1. The second-order valence-electron chi connectivity index (χ2n) is 5.94. The number of anilines is 2. The molecule has 3 amide bonds. The highest BCUT2D eigenvalue weighted by Gasteiger charge is 2.16. The summed E-state index contributed by atoms with van der Waals surface area (Å²) in [6.45, 7) is 2.75. The van der Waals surface area contributed by atoms with E-state index in [0.29, 0.717) is 4.68 Å². The highest BCUT2D eigenvalue weighted by atomic mass is 16.5. The molecule has 0 saturated heterocycles. The number of aromatic amines is 1. The topological polar surface area (TPSA) is 224 Å². The van der Waals surface area contributed by atoms with E-state index in [4.69, 9.17) is 10.5 Å². The Balaban J connectivity index is 2.48. The molecule has 2 aromatic rings. The number of hydrogen-bond acceptors (Lipinski definition) is 11. The van der Waals surface area contributed by atoms with Crippen molar-refractivity contribution in [3.63, 3.8) is 0 Å². The predicted octanol–water partition coefficient (Wildman–Crippen LogP) is -0.685. The van der Waals surface area contributed by atoms with Gasteiger partial charge in [0.2, 0.25) is 17.3 Å². The van der Waals surface area contributed by atoms with E-state index in [9.17, 15) is 24.0 Å². The molecular weight excluding hydrogens is 438 g/mol. The van der Waals surface area contributed by atoms with Crippen molar-refractivity contribution < 1.29 is 19.1 Å². The standard InChI is InChI=1S/C18H15N9O6/c1-3-33-18(32)23-15(29)13(7-19)25-24-11-4-10(21-9(2)28)5-12(6-11)27-17(31)22-16(30)14(8-20)26-27/h4-6,24H,3H2,1-2H3,(H,21,28)(H,22,30,31)(H,23,29,32)/b25-13-. The van der Waals surface area contributed by atoms with Gasteiger partial charge in [0.05, 0.1) is 18.0 Å². The van der Waals surface area contributed by atoms with Gasteiger partial charge in [-0.25, -0.2) is 9.59 Å². The molecule has 0 aliphatic carbocycles. The van der Waals surface area contributed by atoms with Crippen molar-refractivity contribution in [1.29, 1.82) is 10.5 Å². The SMILES string of the molecule is CCOC(=O)NC(=O)/C(C#N)=N\Nc1cc(NC(C)=O)cc(-n2nc(C#N)c(=O)[nH]c2=O)c1. The quantitative estimate of drug-likeness (QED) is 0.318. The Morgan fingerprint density at radius 3 is 2.52 bits per heavy atom. The van der Waals surface area contributed by atoms with E-state index in [-0.39, 0.29) is 23.7 Å². The Hall–Kier alpha value is -5.31. The third kappa shape index (κ3) is 6.33. The van der Waals surface area contributed by atoms with E-state index in [2.05, 4.69) is 25.7 Å². The number of aromatic nitrogens is 3. The number of nitriles is 2. The summed E-state index contributed by atoms with van der Waals surface area (Å²) in [5.41, 5.74) is -0.693. The molecule has 0 atom stereocenters. The van der Waals surface area contributed by atoms with Crippen LogP contribution < -0.4 is 27.3 Å². The number of nitrogens with zero attached hydrogens (tertiary/aromatic N) is 5. The van der Waals surface area contributed by atoms with Crippen molar-refractivity contribution in [2.75, 3.05) is 17.3 Å².